The van der Waals surface area contributed by atoms with Crippen LogP contribution in [0.5, 0.6) is 0 Å². The quantitative estimate of drug-likeness (QED) is 0.0416. The fourth-order valence-electron chi connectivity index (χ4n) is 6.94. The minimum absolute atomic E-state index is 0. The van der Waals surface area contributed by atoms with Crippen molar-refractivity contribution in [2.45, 2.75) is 107 Å². The van der Waals surface area contributed by atoms with Gasteiger partial charge < -0.3 is 145 Å². The van der Waals surface area contributed by atoms with E-state index in [1.54, 1.807) is 0 Å². The largest absolute Gasteiger partial charge is 0.380 e. The monoisotopic (exact) mass is 1890 g/mol. The van der Waals surface area contributed by atoms with Gasteiger partial charge in [0.25, 0.3) is 0 Å². The van der Waals surface area contributed by atoms with E-state index in [0.717, 1.165) is 51.4 Å². The van der Waals surface area contributed by atoms with Crippen molar-refractivity contribution in [3.63, 3.8) is 0 Å². The molecule has 0 saturated heterocycles. The summed E-state index contributed by atoms with van der Waals surface area (Å²) in [5, 5.41) is 0. The van der Waals surface area contributed by atoms with E-state index < -0.39 is 16.2 Å². The maximum absolute atomic E-state index is 6.91. The van der Waals surface area contributed by atoms with Crippen LogP contribution in [0.2, 0.25) is 0 Å². The molecule has 0 atom stereocenters. The summed E-state index contributed by atoms with van der Waals surface area (Å²) in [7, 11) is 0. The third kappa shape index (κ3) is 92.2. The predicted molar refractivity (Wildman–Crippen MR) is 336 cm³/mol. The van der Waals surface area contributed by atoms with E-state index in [1.165, 1.54) is 0 Å². The molecule has 0 spiro atoms. The van der Waals surface area contributed by atoms with Crippen LogP contribution in [0.3, 0.4) is 0 Å². The molecule has 0 N–H and O–H groups in total. The van der Waals surface area contributed by atoms with Crippen LogP contribution in [0, 0.1) is 75.7 Å². The molecular weight excluding hydrogens is 1760 g/mol. The number of rotatable bonds is 64. The Kier molecular flexibility index (Phi) is 176. The van der Waals surface area contributed by atoms with Gasteiger partial charge in [-0.2, -0.15) is 0 Å². The Morgan fingerprint density at radius 2 is 0.225 bits per heavy atom. The van der Waals surface area contributed by atoms with E-state index in [9.17, 15) is 0 Å². The van der Waals surface area contributed by atoms with Gasteiger partial charge in [0.1, 0.15) is 0 Å². The molecule has 0 unspecified atom stereocenters. The summed E-state index contributed by atoms with van der Waals surface area (Å²) in [5.74, 6) is 0. The van der Waals surface area contributed by atoms with E-state index in [-0.39, 0.29) is 361 Å². The van der Waals surface area contributed by atoms with Crippen LogP contribution < -0.4 is 0 Å². The molecule has 0 rings (SSSR count). The van der Waals surface area contributed by atoms with E-state index in [2.05, 4.69) is 55.4 Å². The summed E-state index contributed by atoms with van der Waals surface area (Å²) < 4.78 is 111. The normalized spacial score (nSPS) is 10.2. The van der Waals surface area contributed by atoms with Crippen LogP contribution >= 0.6 is 0 Å². The molecule has 0 amide bonds. The first-order valence-electron chi connectivity index (χ1n) is 28.3. The van der Waals surface area contributed by atoms with Gasteiger partial charge in [-0.05, 0) is 51.4 Å². The minimum atomic E-state index is -0.788. The summed E-state index contributed by atoms with van der Waals surface area (Å²) in [6.07, 6.45) is 7.45. The van der Waals surface area contributed by atoms with Gasteiger partial charge in [-0.1, -0.05) is 55.4 Å². The average Bonchev–Trinajstić information content (AvgIpc) is 3.39. The molecule has 89 heavy (non-hydrogen) atoms. The summed E-state index contributed by atoms with van der Waals surface area (Å²) >= 11 is 0. The molecule has 0 aromatic heterocycles. The zero-order chi connectivity index (χ0) is 53.3. The zero-order valence-corrected chi connectivity index (χ0v) is 83.3. The van der Waals surface area contributed by atoms with Crippen molar-refractivity contribution in [3.8, 4) is 0 Å². The SMILES string of the molecule is CCCOCCOCC(COCCOCCC)(COCCOCCC)COCC(COCCOCCC)(COCCOCCC)COCC(COCCOCCC)(COCCOCCC)COCCOCCC.[CH3-].[CH3-].[CH3-].[CH3-].[CH3-].[CH3-].[CH3-].[CH3-].[Y].[Y].[Y].[Y].[Y].[Y].[Y].[Y]. The predicted octanol–water partition coefficient (Wildman–Crippen LogP) is 11.1. The fraction of sp³-hybridized carbons (Fsp3) is 0.873. The molecule has 0 aromatic rings. The molecule has 8 radical (unpaired) electrons. The molecule has 0 fully saturated rings. The molecule has 18 nitrogen and oxygen atoms in total. The first kappa shape index (κ1) is 140. The second kappa shape index (κ2) is 112. The molecule has 0 saturated carbocycles. The zero-order valence-electron chi connectivity index (χ0n) is 60.6. The van der Waals surface area contributed by atoms with Crippen molar-refractivity contribution in [3.05, 3.63) is 59.4 Å². The molecule has 0 aliphatic heterocycles. The van der Waals surface area contributed by atoms with Crippen LogP contribution in [-0.2, 0) is 347 Å². The van der Waals surface area contributed by atoms with E-state index in [0.29, 0.717) is 198 Å². The Hall–Kier alpha value is 8.11. The van der Waals surface area contributed by atoms with Crippen molar-refractivity contribution < 1.29 is 347 Å². The molecule has 0 aliphatic carbocycles. The van der Waals surface area contributed by atoms with Gasteiger partial charge in [-0.15, -0.1) is 0 Å². The summed E-state index contributed by atoms with van der Waals surface area (Å²) in [6.45, 7) is 32.5. The Bertz CT molecular complexity index is 945. The second-order valence-corrected chi connectivity index (χ2v) is 18.8. The molecule has 26 heteroatoms. The molecular formula is C63H136O18Y8-8. The van der Waals surface area contributed by atoms with E-state index >= 15 is 0 Å². The summed E-state index contributed by atoms with van der Waals surface area (Å²) in [4.78, 5) is 0. The molecule has 0 aromatic carbocycles. The van der Waals surface area contributed by atoms with Crippen molar-refractivity contribution in [2.75, 3.05) is 238 Å². The van der Waals surface area contributed by atoms with Crippen molar-refractivity contribution in [2.24, 2.45) is 16.2 Å². The van der Waals surface area contributed by atoms with Gasteiger partial charge in [-0.3, -0.25) is 0 Å². The number of hydrogen-bond donors (Lipinski definition) is 0. The van der Waals surface area contributed by atoms with Crippen LogP contribution in [0.25, 0.3) is 0 Å². The molecule has 0 aliphatic rings. The van der Waals surface area contributed by atoms with E-state index in [4.69, 9.17) is 85.3 Å². The summed E-state index contributed by atoms with van der Waals surface area (Å²) in [5.41, 5.74) is -2.18. The molecule has 528 valence electrons. The van der Waals surface area contributed by atoms with Gasteiger partial charge in [-0.25, -0.2) is 0 Å². The maximum atomic E-state index is 6.91. The fourth-order valence-corrected chi connectivity index (χ4v) is 6.94. The van der Waals surface area contributed by atoms with Gasteiger partial charge in [0.05, 0.1) is 201 Å². The van der Waals surface area contributed by atoms with Gasteiger partial charge >= 0.3 is 0 Å². The first-order valence-corrected chi connectivity index (χ1v) is 28.3. The molecule has 0 bridgehead atoms. The van der Waals surface area contributed by atoms with Crippen molar-refractivity contribution >= 4 is 0 Å². The third-order valence-electron chi connectivity index (χ3n) is 10.7. The first-order chi connectivity index (χ1) is 35.9. The van der Waals surface area contributed by atoms with E-state index in [1.807, 2.05) is 0 Å². The standard InChI is InChI=1S/C55H112O18.8CH3.8Y/c1-9-17-56-25-33-64-41-53(42-65-34-26-57-18-10-2,43-66-35-27-58-19-11-3)49-72-51-55(47-70-39-31-62-23-15-7,48-71-40-32-63-24-16-8)52-73-50-54(44-67-36-28-59-20-12-4,45-68-37-29-60-21-13-5)46-69-38-30-61-22-14-6;;;;;;;;;;;;;;;;/h9-52H2,1-8H3;8*1H3;;;;;;;;/q;8*-1;;;;;;;;. The van der Waals surface area contributed by atoms with Crippen molar-refractivity contribution in [1.29, 1.82) is 0 Å². The van der Waals surface area contributed by atoms with Gasteiger partial charge in [0, 0.05) is 315 Å². The van der Waals surface area contributed by atoms with Crippen LogP contribution in [0.1, 0.15) is 107 Å². The average molecular weight is 1890 g/mol. The maximum Gasteiger partial charge on any atom is 0.0700 e. The number of hydrogen-bond acceptors (Lipinski definition) is 18. The summed E-state index contributed by atoms with van der Waals surface area (Å²) in [6, 6.07) is 0. The van der Waals surface area contributed by atoms with Crippen molar-refractivity contribution in [1.82, 2.24) is 0 Å². The Labute approximate surface area is 755 Å². The Morgan fingerprint density at radius 3 is 0.326 bits per heavy atom. The smallest absolute Gasteiger partial charge is 0.0700 e. The van der Waals surface area contributed by atoms with Crippen LogP contribution in [0.15, 0.2) is 0 Å². The third-order valence-corrected chi connectivity index (χ3v) is 10.7. The van der Waals surface area contributed by atoms with Gasteiger partial charge in [0.2, 0.25) is 0 Å². The van der Waals surface area contributed by atoms with Gasteiger partial charge in [0.15, 0.2) is 0 Å². The number of ether oxygens (including phenoxy) is 18. The van der Waals surface area contributed by atoms with Crippen LogP contribution in [0.4, 0.5) is 0 Å². The molecule has 0 heterocycles. The topological polar surface area (TPSA) is 166 Å². The minimum Gasteiger partial charge on any atom is -0.380 e. The Balaban J connectivity index is -0.000000216. The van der Waals surface area contributed by atoms with Crippen LogP contribution in [-0.4, -0.2) is 238 Å². The second-order valence-electron chi connectivity index (χ2n) is 18.8. The Morgan fingerprint density at radius 1 is 0.135 bits per heavy atom.